The molecule has 5 nitrogen and oxygen atoms in total. The Morgan fingerprint density at radius 1 is 1.22 bits per heavy atom. The number of aliphatic hydroxyl groups excluding tert-OH is 1. The zero-order valence-corrected chi connectivity index (χ0v) is 14.9. The zero-order valence-electron chi connectivity index (χ0n) is 14.9. The van der Waals surface area contributed by atoms with Gasteiger partial charge in [-0.3, -0.25) is 4.90 Å². The highest BCUT2D eigenvalue weighted by molar-refractivity contribution is 5.79. The van der Waals surface area contributed by atoms with E-state index < -0.39 is 11.6 Å². The molecule has 0 bridgehead atoms. The maximum atomic E-state index is 12.8. The van der Waals surface area contributed by atoms with Crippen molar-refractivity contribution >= 4 is 6.09 Å². The Morgan fingerprint density at radius 3 is 2.44 bits per heavy atom. The summed E-state index contributed by atoms with van der Waals surface area (Å²) >= 11 is 0. The number of hydrogen-bond donors (Lipinski definition) is 1. The van der Waals surface area contributed by atoms with Crippen molar-refractivity contribution in [3.05, 3.63) is 59.7 Å². The van der Waals surface area contributed by atoms with Crippen molar-refractivity contribution in [1.29, 1.82) is 0 Å². The molecule has 1 aliphatic carbocycles. The van der Waals surface area contributed by atoms with E-state index >= 15 is 0 Å². The fourth-order valence-corrected chi connectivity index (χ4v) is 3.92. The van der Waals surface area contributed by atoms with Crippen LogP contribution in [0.5, 0.6) is 0 Å². The summed E-state index contributed by atoms with van der Waals surface area (Å²) in [7, 11) is 0. The number of terminal acetylenes is 1. The van der Waals surface area contributed by atoms with Crippen molar-refractivity contribution in [2.75, 3.05) is 33.0 Å². The maximum Gasteiger partial charge on any atom is 0.411 e. The third-order valence-corrected chi connectivity index (χ3v) is 5.40. The molecule has 0 aromatic heterocycles. The van der Waals surface area contributed by atoms with Gasteiger partial charge in [-0.05, 0) is 22.3 Å². The van der Waals surface area contributed by atoms with Crippen LogP contribution in [0.1, 0.15) is 17.0 Å². The SMILES string of the molecule is C#CC1(CO)COCCN1C(=O)OCC1c2ccccc2-c2ccccc21. The molecule has 1 amide bonds. The molecule has 1 heterocycles. The predicted molar refractivity (Wildman–Crippen MR) is 101 cm³/mol. The van der Waals surface area contributed by atoms with E-state index in [0.717, 1.165) is 11.1 Å². The van der Waals surface area contributed by atoms with Crippen LogP contribution in [0.4, 0.5) is 4.79 Å². The minimum Gasteiger partial charge on any atom is -0.448 e. The van der Waals surface area contributed by atoms with Gasteiger partial charge in [-0.2, -0.15) is 0 Å². The summed E-state index contributed by atoms with van der Waals surface area (Å²) < 4.78 is 11.0. The number of carbonyl (C=O) groups is 1. The minimum absolute atomic E-state index is 0.0169. The summed E-state index contributed by atoms with van der Waals surface area (Å²) in [6.07, 6.45) is 5.06. The zero-order chi connectivity index (χ0) is 18.9. The minimum atomic E-state index is -1.17. The lowest BCUT2D eigenvalue weighted by Crippen LogP contribution is -2.60. The van der Waals surface area contributed by atoms with Crippen molar-refractivity contribution in [3.63, 3.8) is 0 Å². The first-order valence-corrected chi connectivity index (χ1v) is 8.99. The van der Waals surface area contributed by atoms with Gasteiger partial charge in [0, 0.05) is 12.5 Å². The number of carbonyl (C=O) groups excluding carboxylic acids is 1. The molecule has 0 spiro atoms. The van der Waals surface area contributed by atoms with E-state index in [-0.39, 0.29) is 25.7 Å². The Hall–Kier alpha value is -2.81. The molecular formula is C22H21NO4. The molecule has 1 saturated heterocycles. The van der Waals surface area contributed by atoms with Crippen LogP contribution in [0.15, 0.2) is 48.5 Å². The van der Waals surface area contributed by atoms with Crippen molar-refractivity contribution in [2.45, 2.75) is 11.5 Å². The van der Waals surface area contributed by atoms with E-state index in [1.807, 2.05) is 24.3 Å². The highest BCUT2D eigenvalue weighted by Gasteiger charge is 2.42. The summed E-state index contributed by atoms with van der Waals surface area (Å²) in [4.78, 5) is 14.2. The van der Waals surface area contributed by atoms with Gasteiger partial charge in [0.25, 0.3) is 0 Å². The lowest BCUT2D eigenvalue weighted by molar-refractivity contribution is -0.0562. The second-order valence-corrected chi connectivity index (χ2v) is 6.84. The first-order valence-electron chi connectivity index (χ1n) is 8.99. The van der Waals surface area contributed by atoms with Crippen LogP contribution < -0.4 is 0 Å². The first-order chi connectivity index (χ1) is 13.2. The van der Waals surface area contributed by atoms with E-state index in [2.05, 4.69) is 30.2 Å². The molecule has 4 rings (SSSR count). The molecule has 1 atom stereocenters. The molecule has 2 aromatic rings. The number of fused-ring (bicyclic) bond motifs is 3. The van der Waals surface area contributed by atoms with Crippen LogP contribution in [-0.4, -0.2) is 54.6 Å². The van der Waals surface area contributed by atoms with E-state index in [1.54, 1.807) is 0 Å². The highest BCUT2D eigenvalue weighted by atomic mass is 16.6. The fourth-order valence-electron chi connectivity index (χ4n) is 3.92. The van der Waals surface area contributed by atoms with E-state index in [9.17, 15) is 9.90 Å². The smallest absolute Gasteiger partial charge is 0.411 e. The molecule has 0 saturated carbocycles. The van der Waals surface area contributed by atoms with Gasteiger partial charge in [0.1, 0.15) is 6.61 Å². The van der Waals surface area contributed by atoms with Gasteiger partial charge in [0.15, 0.2) is 5.54 Å². The van der Waals surface area contributed by atoms with Gasteiger partial charge >= 0.3 is 6.09 Å². The number of nitrogens with zero attached hydrogens (tertiary/aromatic N) is 1. The van der Waals surface area contributed by atoms with Crippen LogP contribution in [0, 0.1) is 12.3 Å². The quantitative estimate of drug-likeness (QED) is 0.852. The number of rotatable bonds is 3. The molecule has 1 fully saturated rings. The average Bonchev–Trinajstić information content (AvgIpc) is 3.05. The molecule has 138 valence electrons. The van der Waals surface area contributed by atoms with E-state index in [0.29, 0.717) is 13.2 Å². The Balaban J connectivity index is 1.55. The van der Waals surface area contributed by atoms with Crippen LogP contribution in [0.3, 0.4) is 0 Å². The van der Waals surface area contributed by atoms with Gasteiger partial charge in [0.2, 0.25) is 0 Å². The first kappa shape index (κ1) is 17.6. The topological polar surface area (TPSA) is 59.0 Å². The maximum absolute atomic E-state index is 12.8. The molecule has 1 aliphatic heterocycles. The fraction of sp³-hybridized carbons (Fsp3) is 0.318. The van der Waals surface area contributed by atoms with Crippen molar-refractivity contribution in [1.82, 2.24) is 4.90 Å². The van der Waals surface area contributed by atoms with Gasteiger partial charge in [0.05, 0.1) is 19.8 Å². The van der Waals surface area contributed by atoms with E-state index in [1.165, 1.54) is 16.0 Å². The molecule has 0 radical (unpaired) electrons. The summed E-state index contributed by atoms with van der Waals surface area (Å²) in [5.41, 5.74) is 3.49. The normalized spacial score (nSPS) is 21.3. The number of aliphatic hydroxyl groups is 1. The lowest BCUT2D eigenvalue weighted by Gasteiger charge is -2.41. The Kier molecular flexibility index (Phi) is 4.61. The van der Waals surface area contributed by atoms with Gasteiger partial charge in [-0.25, -0.2) is 4.79 Å². The highest BCUT2D eigenvalue weighted by Crippen LogP contribution is 2.44. The summed E-state index contributed by atoms with van der Waals surface area (Å²) in [6, 6.07) is 16.3. The second-order valence-electron chi connectivity index (χ2n) is 6.84. The molecule has 1 N–H and O–H groups in total. The largest absolute Gasteiger partial charge is 0.448 e. The van der Waals surface area contributed by atoms with Crippen LogP contribution in [-0.2, 0) is 9.47 Å². The molecule has 2 aromatic carbocycles. The summed E-state index contributed by atoms with van der Waals surface area (Å²) in [5.74, 6) is 2.49. The number of ether oxygens (including phenoxy) is 2. The third-order valence-electron chi connectivity index (χ3n) is 5.40. The standard InChI is InChI=1S/C22H21NO4/c1-2-22(14-24)15-26-12-11-23(22)21(25)27-13-20-18-9-5-3-7-16(18)17-8-4-6-10-19(17)20/h1,3-10,20,24H,11-15H2. The van der Waals surface area contributed by atoms with E-state index in [4.69, 9.17) is 15.9 Å². The van der Waals surface area contributed by atoms with Gasteiger partial charge in [-0.15, -0.1) is 6.42 Å². The van der Waals surface area contributed by atoms with Crippen molar-refractivity contribution < 1.29 is 19.4 Å². The average molecular weight is 363 g/mol. The second kappa shape index (κ2) is 7.07. The lowest BCUT2D eigenvalue weighted by atomic mass is 9.98. The third kappa shape index (κ3) is 2.87. The van der Waals surface area contributed by atoms with Crippen LogP contribution in [0.25, 0.3) is 11.1 Å². The number of hydrogen-bond acceptors (Lipinski definition) is 4. The Morgan fingerprint density at radius 2 is 1.85 bits per heavy atom. The summed E-state index contributed by atoms with van der Waals surface area (Å²) in [6.45, 7) is 0.614. The van der Waals surface area contributed by atoms with Crippen molar-refractivity contribution in [3.8, 4) is 23.5 Å². The van der Waals surface area contributed by atoms with Gasteiger partial charge < -0.3 is 14.6 Å². The number of morpholine rings is 1. The van der Waals surface area contributed by atoms with Crippen LogP contribution >= 0.6 is 0 Å². The Labute approximate surface area is 158 Å². The van der Waals surface area contributed by atoms with Crippen LogP contribution in [0.2, 0.25) is 0 Å². The Bertz CT molecular complexity index is 858. The molecule has 5 heteroatoms. The number of benzene rings is 2. The van der Waals surface area contributed by atoms with Gasteiger partial charge in [-0.1, -0.05) is 54.5 Å². The molecular weight excluding hydrogens is 342 g/mol. The monoisotopic (exact) mass is 363 g/mol. The number of amides is 1. The van der Waals surface area contributed by atoms with Crippen molar-refractivity contribution in [2.24, 2.45) is 0 Å². The molecule has 1 unspecified atom stereocenters. The summed E-state index contributed by atoms with van der Waals surface area (Å²) in [5, 5.41) is 9.73. The molecule has 27 heavy (non-hydrogen) atoms. The molecule has 2 aliphatic rings. The predicted octanol–water partition coefficient (Wildman–Crippen LogP) is 2.63.